The van der Waals surface area contributed by atoms with Crippen LogP contribution in [-0.4, -0.2) is 32.6 Å². The summed E-state index contributed by atoms with van der Waals surface area (Å²) in [7, 11) is 0. The van der Waals surface area contributed by atoms with Crippen LogP contribution >= 0.6 is 23.4 Å². The Bertz CT molecular complexity index is 688. The van der Waals surface area contributed by atoms with Crippen molar-refractivity contribution in [2.75, 3.05) is 12.4 Å². The molecule has 0 aliphatic carbocycles. The normalized spacial score (nSPS) is 12.4. The van der Waals surface area contributed by atoms with Crippen molar-refractivity contribution in [3.05, 3.63) is 29.3 Å². The summed E-state index contributed by atoms with van der Waals surface area (Å²) in [6.45, 7) is 6.54. The predicted octanol–water partition coefficient (Wildman–Crippen LogP) is 2.57. The van der Waals surface area contributed by atoms with E-state index in [4.69, 9.17) is 17.4 Å². The molecule has 0 saturated heterocycles. The van der Waals surface area contributed by atoms with Crippen LogP contribution in [0.4, 0.5) is 0 Å². The zero-order valence-corrected chi connectivity index (χ0v) is 14.9. The first-order valence-corrected chi connectivity index (χ1v) is 8.55. The van der Waals surface area contributed by atoms with Crippen molar-refractivity contribution in [1.29, 1.82) is 0 Å². The molecule has 0 saturated carbocycles. The summed E-state index contributed by atoms with van der Waals surface area (Å²) in [4.78, 5) is 12.0. The number of halogens is 1. The van der Waals surface area contributed by atoms with Crippen molar-refractivity contribution in [1.82, 2.24) is 20.2 Å². The van der Waals surface area contributed by atoms with E-state index >= 15 is 0 Å². The average molecular weight is 354 g/mol. The van der Waals surface area contributed by atoms with Crippen molar-refractivity contribution in [3.63, 3.8) is 0 Å². The first-order chi connectivity index (χ1) is 10.9. The van der Waals surface area contributed by atoms with Crippen LogP contribution in [0.25, 0.3) is 11.4 Å². The third-order valence-electron chi connectivity index (χ3n) is 3.12. The zero-order valence-electron chi connectivity index (χ0n) is 13.3. The molecule has 1 atom stereocenters. The number of nitrogen functional groups attached to an aromatic ring is 1. The lowest BCUT2D eigenvalue weighted by atomic mass is 10.2. The number of nitrogens with one attached hydrogen (secondary N) is 1. The Morgan fingerprint density at radius 1 is 1.35 bits per heavy atom. The monoisotopic (exact) mass is 353 g/mol. The molecular formula is C15H20ClN5OS. The van der Waals surface area contributed by atoms with Crippen molar-refractivity contribution in [3.8, 4) is 11.4 Å². The zero-order chi connectivity index (χ0) is 17.0. The van der Waals surface area contributed by atoms with Crippen LogP contribution in [0, 0.1) is 5.92 Å². The number of hydrogen-bond donors (Lipinski definition) is 2. The number of hydrogen-bond acceptors (Lipinski definition) is 5. The van der Waals surface area contributed by atoms with Gasteiger partial charge in [-0.15, -0.1) is 10.2 Å². The van der Waals surface area contributed by atoms with Gasteiger partial charge in [0.05, 0.1) is 10.3 Å². The minimum atomic E-state index is -0.320. The van der Waals surface area contributed by atoms with Gasteiger partial charge in [0.1, 0.15) is 0 Å². The average Bonchev–Trinajstić information content (AvgIpc) is 2.86. The number of amides is 1. The van der Waals surface area contributed by atoms with Crippen LogP contribution < -0.4 is 11.2 Å². The van der Waals surface area contributed by atoms with Crippen LogP contribution in [0.3, 0.4) is 0 Å². The molecule has 0 bridgehead atoms. The van der Waals surface area contributed by atoms with Gasteiger partial charge in [-0.2, -0.15) is 0 Å². The molecule has 0 unspecified atom stereocenters. The smallest absolute Gasteiger partial charge is 0.233 e. The van der Waals surface area contributed by atoms with Gasteiger partial charge < -0.3 is 11.2 Å². The van der Waals surface area contributed by atoms with E-state index in [0.717, 1.165) is 0 Å². The molecule has 6 nitrogen and oxygen atoms in total. The molecule has 1 heterocycles. The fraction of sp³-hybridized carbons (Fsp3) is 0.400. The van der Waals surface area contributed by atoms with Crippen molar-refractivity contribution >= 4 is 29.3 Å². The first kappa shape index (κ1) is 17.6. The number of carbonyl (C=O) groups is 1. The lowest BCUT2D eigenvalue weighted by Crippen LogP contribution is -2.33. The van der Waals surface area contributed by atoms with Gasteiger partial charge in [0.15, 0.2) is 5.82 Å². The fourth-order valence-corrected chi connectivity index (χ4v) is 2.86. The lowest BCUT2D eigenvalue weighted by molar-refractivity contribution is -0.120. The summed E-state index contributed by atoms with van der Waals surface area (Å²) in [5.41, 5.74) is 0.702. The molecule has 8 heteroatoms. The van der Waals surface area contributed by atoms with E-state index in [9.17, 15) is 4.79 Å². The van der Waals surface area contributed by atoms with Gasteiger partial charge >= 0.3 is 0 Å². The second-order valence-corrected chi connectivity index (χ2v) is 7.27. The number of nitrogens with zero attached hydrogens (tertiary/aromatic N) is 3. The van der Waals surface area contributed by atoms with Crippen LogP contribution in [-0.2, 0) is 4.79 Å². The number of benzene rings is 1. The predicted molar refractivity (Wildman–Crippen MR) is 93.8 cm³/mol. The summed E-state index contributed by atoms with van der Waals surface area (Å²) < 4.78 is 1.36. The summed E-state index contributed by atoms with van der Waals surface area (Å²) in [5.74, 6) is 6.87. The van der Waals surface area contributed by atoms with Crippen molar-refractivity contribution in [2.45, 2.75) is 31.2 Å². The minimum absolute atomic E-state index is 0.0500. The maximum absolute atomic E-state index is 12.0. The first-order valence-electron chi connectivity index (χ1n) is 7.30. The van der Waals surface area contributed by atoms with E-state index in [0.29, 0.717) is 34.0 Å². The number of nitrogens with two attached hydrogens (primary N) is 1. The highest BCUT2D eigenvalue weighted by atomic mass is 35.5. The standard InChI is InChI=1S/C15H20ClN5OS/c1-9(2)8-18-14(22)10(3)23-15-20-19-13(21(15)17)11-6-4-5-7-12(11)16/h4-7,9-10H,8,17H2,1-3H3,(H,18,22)/t10-/m0/s1. The van der Waals surface area contributed by atoms with E-state index in [-0.39, 0.29) is 11.2 Å². The molecule has 0 aliphatic heterocycles. The van der Waals surface area contributed by atoms with Gasteiger partial charge in [-0.25, -0.2) is 4.68 Å². The van der Waals surface area contributed by atoms with E-state index < -0.39 is 0 Å². The molecule has 1 amide bonds. The fourth-order valence-electron chi connectivity index (χ4n) is 1.84. The van der Waals surface area contributed by atoms with Gasteiger partial charge in [-0.1, -0.05) is 49.3 Å². The van der Waals surface area contributed by atoms with E-state index in [1.54, 1.807) is 6.07 Å². The second-order valence-electron chi connectivity index (χ2n) is 5.56. The third kappa shape index (κ3) is 4.39. The van der Waals surface area contributed by atoms with Crippen molar-refractivity contribution < 1.29 is 4.79 Å². The maximum Gasteiger partial charge on any atom is 0.233 e. The highest BCUT2D eigenvalue weighted by Gasteiger charge is 2.20. The van der Waals surface area contributed by atoms with Crippen LogP contribution in [0.5, 0.6) is 0 Å². The summed E-state index contributed by atoms with van der Waals surface area (Å²) in [6.07, 6.45) is 0. The highest BCUT2D eigenvalue weighted by Crippen LogP contribution is 2.28. The van der Waals surface area contributed by atoms with Gasteiger partial charge in [-0.3, -0.25) is 4.79 Å². The van der Waals surface area contributed by atoms with Gasteiger partial charge in [0.25, 0.3) is 0 Å². The molecule has 1 aromatic heterocycles. The third-order valence-corrected chi connectivity index (χ3v) is 4.50. The van der Waals surface area contributed by atoms with Crippen LogP contribution in [0.2, 0.25) is 5.02 Å². The van der Waals surface area contributed by atoms with E-state index in [1.165, 1.54) is 16.4 Å². The van der Waals surface area contributed by atoms with Gasteiger partial charge in [0.2, 0.25) is 11.1 Å². The molecule has 2 aromatic rings. The SMILES string of the molecule is CC(C)CNC(=O)[C@H](C)Sc1nnc(-c2ccccc2Cl)n1N. The molecule has 0 fully saturated rings. The highest BCUT2D eigenvalue weighted by molar-refractivity contribution is 8.00. The Labute approximate surface area is 144 Å². The number of aromatic nitrogens is 3. The molecule has 0 radical (unpaired) electrons. The topological polar surface area (TPSA) is 85.8 Å². The molecule has 2 rings (SSSR count). The molecule has 23 heavy (non-hydrogen) atoms. The summed E-state index contributed by atoms with van der Waals surface area (Å²) in [6, 6.07) is 7.27. The minimum Gasteiger partial charge on any atom is -0.355 e. The molecule has 124 valence electrons. The van der Waals surface area contributed by atoms with Gasteiger partial charge in [0, 0.05) is 12.1 Å². The van der Waals surface area contributed by atoms with E-state index in [1.807, 2.05) is 39.0 Å². The number of rotatable bonds is 6. The molecular weight excluding hydrogens is 334 g/mol. The number of thioether (sulfide) groups is 1. The van der Waals surface area contributed by atoms with Crippen LogP contribution in [0.15, 0.2) is 29.4 Å². The van der Waals surface area contributed by atoms with Crippen LogP contribution in [0.1, 0.15) is 20.8 Å². The quantitative estimate of drug-likeness (QED) is 0.615. The summed E-state index contributed by atoms with van der Waals surface area (Å²) in [5, 5.41) is 11.7. The lowest BCUT2D eigenvalue weighted by Gasteiger charge is -2.12. The molecule has 3 N–H and O–H groups in total. The molecule has 0 spiro atoms. The molecule has 0 aliphatic rings. The largest absolute Gasteiger partial charge is 0.355 e. The van der Waals surface area contributed by atoms with E-state index in [2.05, 4.69) is 15.5 Å². The Kier molecular flexibility index (Phi) is 5.90. The maximum atomic E-state index is 12.0. The Morgan fingerprint density at radius 2 is 2.04 bits per heavy atom. The molecule has 1 aromatic carbocycles. The summed E-state index contributed by atoms with van der Waals surface area (Å²) >= 11 is 7.42. The van der Waals surface area contributed by atoms with Gasteiger partial charge in [-0.05, 0) is 25.0 Å². The van der Waals surface area contributed by atoms with Crippen molar-refractivity contribution in [2.24, 2.45) is 5.92 Å². The number of carbonyl (C=O) groups excluding carboxylic acids is 1. The Hall–Kier alpha value is -1.73. The Morgan fingerprint density at radius 3 is 2.70 bits per heavy atom. The Balaban J connectivity index is 2.11. The second kappa shape index (κ2) is 7.70.